The first kappa shape index (κ1) is 15.5. The molecule has 0 fully saturated rings. The van der Waals surface area contributed by atoms with Gasteiger partial charge >= 0.3 is 5.97 Å². The fourth-order valence-corrected chi connectivity index (χ4v) is 4.53. The fraction of sp³-hybridized carbons (Fsp3) is 0.333. The molecule has 0 amide bonds. The summed E-state index contributed by atoms with van der Waals surface area (Å²) >= 11 is 0. The van der Waals surface area contributed by atoms with Gasteiger partial charge in [-0.15, -0.1) is 0 Å². The summed E-state index contributed by atoms with van der Waals surface area (Å²) in [5.41, 5.74) is 2.65. The van der Waals surface area contributed by atoms with Crippen molar-refractivity contribution in [3.05, 3.63) is 46.8 Å². The molecule has 23 heavy (non-hydrogen) atoms. The Balaban J connectivity index is 1.93. The van der Waals surface area contributed by atoms with Gasteiger partial charge < -0.3 is 5.11 Å². The van der Waals surface area contributed by atoms with Crippen LogP contribution in [0.3, 0.4) is 0 Å². The summed E-state index contributed by atoms with van der Waals surface area (Å²) < 4.78 is 27.0. The molecule has 0 radical (unpaired) electrons. The first-order valence-electron chi connectivity index (χ1n) is 7.25. The van der Waals surface area contributed by atoms with Crippen LogP contribution >= 0.6 is 0 Å². The van der Waals surface area contributed by atoms with Crippen molar-refractivity contribution in [3.8, 4) is 0 Å². The van der Waals surface area contributed by atoms with E-state index >= 15 is 0 Å². The minimum absolute atomic E-state index is 0.0801. The van der Waals surface area contributed by atoms with E-state index in [4.69, 9.17) is 5.11 Å². The van der Waals surface area contributed by atoms with Crippen molar-refractivity contribution in [1.29, 1.82) is 0 Å². The summed E-state index contributed by atoms with van der Waals surface area (Å²) in [6.07, 6.45) is 1.46. The van der Waals surface area contributed by atoms with E-state index in [9.17, 15) is 13.2 Å². The average molecular weight is 335 g/mol. The maximum atomic E-state index is 12.8. The van der Waals surface area contributed by atoms with Crippen LogP contribution in [0.1, 0.15) is 33.7 Å². The summed E-state index contributed by atoms with van der Waals surface area (Å²) in [7, 11) is -3.60. The maximum absolute atomic E-state index is 12.8. The molecule has 0 bridgehead atoms. The molecule has 0 saturated heterocycles. The number of aromatic nitrogens is 2. The number of carboxylic acid groups (broad SMARTS) is 1. The number of hydrogen-bond donors (Lipinski definition) is 2. The number of carboxylic acids is 1. The zero-order chi connectivity index (χ0) is 16.6. The Morgan fingerprint density at radius 1 is 1.43 bits per heavy atom. The lowest BCUT2D eigenvalue weighted by atomic mass is 10.1. The van der Waals surface area contributed by atoms with Gasteiger partial charge in [0.25, 0.3) is 0 Å². The summed E-state index contributed by atoms with van der Waals surface area (Å²) in [5, 5.41) is 16.0. The van der Waals surface area contributed by atoms with Gasteiger partial charge in [0.05, 0.1) is 28.4 Å². The van der Waals surface area contributed by atoms with Gasteiger partial charge in [-0.05, 0) is 37.5 Å². The van der Waals surface area contributed by atoms with Gasteiger partial charge in [0.2, 0.25) is 10.0 Å². The van der Waals surface area contributed by atoms with E-state index in [2.05, 4.69) is 10.2 Å². The van der Waals surface area contributed by atoms with Gasteiger partial charge in [0.1, 0.15) is 0 Å². The van der Waals surface area contributed by atoms with E-state index < -0.39 is 16.0 Å². The Kier molecular flexibility index (Phi) is 3.85. The molecule has 1 aromatic heterocycles. The lowest BCUT2D eigenvalue weighted by Gasteiger charge is -2.28. The second-order valence-corrected chi connectivity index (χ2v) is 7.47. The summed E-state index contributed by atoms with van der Waals surface area (Å²) in [5.74, 6) is -1.31. The highest BCUT2D eigenvalue weighted by Crippen LogP contribution is 2.31. The lowest BCUT2D eigenvalue weighted by Crippen LogP contribution is -2.36. The number of aryl methyl sites for hydroxylation is 2. The molecule has 0 atom stereocenters. The van der Waals surface area contributed by atoms with Crippen molar-refractivity contribution >= 4 is 21.7 Å². The smallest absolute Gasteiger partial charge is 0.335 e. The van der Waals surface area contributed by atoms with Crippen LogP contribution in [0.25, 0.3) is 0 Å². The van der Waals surface area contributed by atoms with Crippen LogP contribution in [-0.4, -0.2) is 36.2 Å². The quantitative estimate of drug-likeness (QED) is 0.885. The number of aromatic amines is 1. The summed E-state index contributed by atoms with van der Waals surface area (Å²) in [6, 6.07) is 6.01. The third kappa shape index (κ3) is 2.94. The summed E-state index contributed by atoms with van der Waals surface area (Å²) in [6.45, 7) is 2.21. The van der Waals surface area contributed by atoms with Gasteiger partial charge in [-0.25, -0.2) is 13.2 Å². The number of carbonyl (C=O) groups is 1. The van der Waals surface area contributed by atoms with Crippen molar-refractivity contribution in [2.24, 2.45) is 0 Å². The standard InChI is InChI=1S/C15H17N3O4S/c1-10-14-13(17-16-10)6-3-7-18(14)23(21,22)9-11-4-2-5-12(8-11)15(19)20/h2,4-5,8H,3,6-7,9H2,1H3,(H,16,17)(H,19,20). The monoisotopic (exact) mass is 335 g/mol. The molecule has 1 aliphatic heterocycles. The topological polar surface area (TPSA) is 103 Å². The molecule has 8 heteroatoms. The molecule has 1 aromatic carbocycles. The van der Waals surface area contributed by atoms with Gasteiger partial charge in [-0.2, -0.15) is 5.10 Å². The number of fused-ring (bicyclic) bond motifs is 1. The van der Waals surface area contributed by atoms with Crippen LogP contribution in [-0.2, 0) is 22.2 Å². The fourth-order valence-electron chi connectivity index (χ4n) is 2.84. The number of rotatable bonds is 4. The highest BCUT2D eigenvalue weighted by molar-refractivity contribution is 7.92. The normalized spacial score (nSPS) is 14.6. The van der Waals surface area contributed by atoms with Crippen LogP contribution in [0.2, 0.25) is 0 Å². The van der Waals surface area contributed by atoms with Gasteiger partial charge in [0.15, 0.2) is 0 Å². The highest BCUT2D eigenvalue weighted by atomic mass is 32.2. The average Bonchev–Trinajstić information content (AvgIpc) is 2.88. The molecular weight excluding hydrogens is 318 g/mol. The van der Waals surface area contributed by atoms with E-state index in [-0.39, 0.29) is 11.3 Å². The predicted molar refractivity (Wildman–Crippen MR) is 85.0 cm³/mol. The molecule has 2 aromatic rings. The zero-order valence-electron chi connectivity index (χ0n) is 12.6. The van der Waals surface area contributed by atoms with Crippen LogP contribution in [0.5, 0.6) is 0 Å². The summed E-state index contributed by atoms with van der Waals surface area (Å²) in [4.78, 5) is 11.0. The highest BCUT2D eigenvalue weighted by Gasteiger charge is 2.31. The number of benzene rings is 1. The first-order chi connectivity index (χ1) is 10.9. The van der Waals surface area contributed by atoms with Crippen molar-refractivity contribution in [2.45, 2.75) is 25.5 Å². The molecule has 0 spiro atoms. The van der Waals surface area contributed by atoms with Crippen molar-refractivity contribution < 1.29 is 18.3 Å². The lowest BCUT2D eigenvalue weighted by molar-refractivity contribution is 0.0696. The molecule has 2 heterocycles. The zero-order valence-corrected chi connectivity index (χ0v) is 13.4. The van der Waals surface area contributed by atoms with Crippen LogP contribution in [0.4, 0.5) is 5.69 Å². The van der Waals surface area contributed by atoms with Crippen LogP contribution < -0.4 is 4.31 Å². The van der Waals surface area contributed by atoms with Gasteiger partial charge in [-0.3, -0.25) is 9.40 Å². The van der Waals surface area contributed by atoms with Crippen LogP contribution in [0, 0.1) is 6.92 Å². The molecule has 3 rings (SSSR count). The molecule has 0 aliphatic carbocycles. The van der Waals surface area contributed by atoms with E-state index in [0.29, 0.717) is 24.2 Å². The Morgan fingerprint density at radius 3 is 2.96 bits per heavy atom. The number of nitrogens with zero attached hydrogens (tertiary/aromatic N) is 2. The number of aromatic carboxylic acids is 1. The third-order valence-corrected chi connectivity index (χ3v) is 5.60. The number of sulfonamides is 1. The Bertz CT molecular complexity index is 857. The van der Waals surface area contributed by atoms with Gasteiger partial charge in [0, 0.05) is 6.54 Å². The first-order valence-corrected chi connectivity index (χ1v) is 8.86. The molecule has 7 nitrogen and oxygen atoms in total. The van der Waals surface area contributed by atoms with Crippen molar-refractivity contribution in [2.75, 3.05) is 10.8 Å². The van der Waals surface area contributed by atoms with E-state index in [0.717, 1.165) is 17.8 Å². The number of nitrogens with one attached hydrogen (secondary N) is 1. The molecule has 122 valence electrons. The number of H-pyrrole nitrogens is 1. The second-order valence-electron chi connectivity index (χ2n) is 5.58. The molecule has 0 unspecified atom stereocenters. The van der Waals surface area contributed by atoms with Crippen LogP contribution in [0.15, 0.2) is 24.3 Å². The van der Waals surface area contributed by atoms with Crippen molar-refractivity contribution in [3.63, 3.8) is 0 Å². The SMILES string of the molecule is Cc1[nH]nc2c1N(S(=O)(=O)Cc1cccc(C(=O)O)c1)CCC2. The Hall–Kier alpha value is -2.35. The van der Waals surface area contributed by atoms with Gasteiger partial charge in [-0.1, -0.05) is 12.1 Å². The molecule has 1 aliphatic rings. The third-order valence-electron chi connectivity index (χ3n) is 3.87. The van der Waals surface area contributed by atoms with Crippen molar-refractivity contribution in [1.82, 2.24) is 10.2 Å². The van der Waals surface area contributed by atoms with E-state index in [1.165, 1.54) is 16.4 Å². The maximum Gasteiger partial charge on any atom is 0.335 e. The molecule has 0 saturated carbocycles. The molecular formula is C15H17N3O4S. The largest absolute Gasteiger partial charge is 0.478 e. The number of anilines is 1. The molecule has 2 N–H and O–H groups in total. The Labute approximate surface area is 134 Å². The second kappa shape index (κ2) is 5.69. The predicted octanol–water partition coefficient (Wildman–Crippen LogP) is 1.70. The Morgan fingerprint density at radius 2 is 2.22 bits per heavy atom. The minimum Gasteiger partial charge on any atom is -0.478 e. The minimum atomic E-state index is -3.60. The van der Waals surface area contributed by atoms with E-state index in [1.54, 1.807) is 19.1 Å². The number of hydrogen-bond acceptors (Lipinski definition) is 4. The van der Waals surface area contributed by atoms with E-state index in [1.807, 2.05) is 0 Å².